The van der Waals surface area contributed by atoms with E-state index in [2.05, 4.69) is 77.9 Å². The minimum atomic E-state index is -1.63. The molecule has 62 heavy (non-hydrogen) atoms. The molecule has 316 valence electrons. The zero-order valence-electron chi connectivity index (χ0n) is 33.0. The highest BCUT2D eigenvalue weighted by Crippen LogP contribution is 2.19. The van der Waals surface area contributed by atoms with E-state index in [1.807, 2.05) is 48.5 Å². The van der Waals surface area contributed by atoms with Gasteiger partial charge in [0.2, 0.25) is 0 Å². The number of hydrazine groups is 1. The van der Waals surface area contributed by atoms with Gasteiger partial charge in [0, 0.05) is 24.2 Å². The fourth-order valence-corrected chi connectivity index (χ4v) is 5.39. The number of nitrogen functional groups attached to an aromatic ring is 1. The van der Waals surface area contributed by atoms with Gasteiger partial charge in [0.25, 0.3) is 0 Å². The second-order valence-corrected chi connectivity index (χ2v) is 18.6. The summed E-state index contributed by atoms with van der Waals surface area (Å²) in [7, 11) is -0.301. The first-order valence-corrected chi connectivity index (χ1v) is 20.8. The molecule has 0 amide bonds. The minimum absolute atomic E-state index is 0.152. The van der Waals surface area contributed by atoms with Gasteiger partial charge in [-0.25, -0.2) is 20.8 Å². The largest absolute Gasteiger partial charge is 0.508 e. The number of aromatic hydroxyl groups is 1. The second kappa shape index (κ2) is 25.4. The number of pyridine rings is 3. The van der Waals surface area contributed by atoms with E-state index in [0.717, 1.165) is 16.8 Å². The first-order valence-electron chi connectivity index (χ1n) is 18.0. The zero-order chi connectivity index (χ0) is 45.0. The lowest BCUT2D eigenvalue weighted by Gasteiger charge is -2.25. The first kappa shape index (κ1) is 49.1. The van der Waals surface area contributed by atoms with Crippen LogP contribution in [0.2, 0.25) is 0 Å². The van der Waals surface area contributed by atoms with Crippen LogP contribution in [0.4, 0.5) is 17.5 Å². The molecule has 3 aromatic heterocycles. The summed E-state index contributed by atoms with van der Waals surface area (Å²) in [6.07, 6.45) is 8.83. The van der Waals surface area contributed by atoms with Crippen molar-refractivity contribution in [3.63, 3.8) is 0 Å². The predicted octanol–water partition coefficient (Wildman–Crippen LogP) is 2.67. The summed E-state index contributed by atoms with van der Waals surface area (Å²) in [5.74, 6) is 8.30. The van der Waals surface area contributed by atoms with E-state index in [9.17, 15) is 19.9 Å². The highest BCUT2D eigenvalue weighted by Gasteiger charge is 2.32. The molecule has 2 aliphatic heterocycles. The molecule has 0 radical (unpaired) electrons. The van der Waals surface area contributed by atoms with Crippen molar-refractivity contribution in [2.24, 2.45) is 16.0 Å². The van der Waals surface area contributed by atoms with Crippen molar-refractivity contribution in [3.05, 3.63) is 144 Å². The number of methoxy groups -OCH3 is 2. The number of rotatable bonds is 7. The maximum atomic E-state index is 10.5. The molecule has 3 aromatic carbocycles. The van der Waals surface area contributed by atoms with Gasteiger partial charge in [-0.3, -0.25) is 14.6 Å². The number of anilines is 3. The Morgan fingerprint density at radius 1 is 0.694 bits per heavy atom. The summed E-state index contributed by atoms with van der Waals surface area (Å²) in [4.78, 5) is 25.6. The lowest BCUT2D eigenvalue weighted by Crippen LogP contribution is -2.50. The monoisotopic (exact) mass is 1030 g/mol. The van der Waals surface area contributed by atoms with Gasteiger partial charge in [-0.2, -0.15) is 10.2 Å². The molecule has 0 fully saturated rings. The van der Waals surface area contributed by atoms with Crippen LogP contribution in [0.25, 0.3) is 0 Å². The van der Waals surface area contributed by atoms with Crippen molar-refractivity contribution < 1.29 is 39.5 Å². The molecule has 0 saturated carbocycles. The molecule has 0 saturated heterocycles. The van der Waals surface area contributed by atoms with E-state index < -0.39 is 21.2 Å². The summed E-state index contributed by atoms with van der Waals surface area (Å²) in [6.45, 7) is 0. The Bertz CT molecular complexity index is 2370. The quantitative estimate of drug-likeness (QED) is 0.0526. The Balaban J connectivity index is 0.000000183. The van der Waals surface area contributed by atoms with Gasteiger partial charge in [0.05, 0.1) is 26.6 Å². The number of halogens is 3. The van der Waals surface area contributed by atoms with Gasteiger partial charge in [-0.1, -0.05) is 36.4 Å². The number of carbonyl (C=O) groups is 1. The number of nitrogens with two attached hydrogens (primary N) is 1. The van der Waals surface area contributed by atoms with E-state index in [4.69, 9.17) is 25.4 Å². The van der Waals surface area contributed by atoms with Crippen molar-refractivity contribution in [1.82, 2.24) is 15.0 Å². The van der Waals surface area contributed by atoms with E-state index >= 15 is 0 Å². The van der Waals surface area contributed by atoms with Crippen LogP contribution in [0.1, 0.15) is 21.5 Å². The number of phenolic OH excluding ortho intramolecular Hbond substituents is 1. The molecule has 0 spiro atoms. The van der Waals surface area contributed by atoms with Gasteiger partial charge in [0.1, 0.15) is 41.0 Å². The van der Waals surface area contributed by atoms with E-state index in [1.165, 1.54) is 35.1 Å². The average Bonchev–Trinajstić information content (AvgIpc) is 3.30. The molecule has 0 unspecified atom stereocenters. The second-order valence-electron chi connectivity index (χ2n) is 12.2. The minimum Gasteiger partial charge on any atom is -0.508 e. The van der Waals surface area contributed by atoms with Crippen molar-refractivity contribution in [1.29, 1.82) is 0 Å². The molecule has 0 aliphatic carbocycles. The Morgan fingerprint density at radius 3 is 1.61 bits per heavy atom. The number of fused-ring (bicyclic) bond motifs is 2. The van der Waals surface area contributed by atoms with Crippen LogP contribution in [0, 0.1) is 0 Å². The lowest BCUT2D eigenvalue weighted by molar-refractivity contribution is 0.112. The molecule has 0 atom stereocenters. The number of nitrogens with one attached hydrogen (secondary N) is 1. The predicted molar refractivity (Wildman–Crippen MR) is 258 cm³/mol. The van der Waals surface area contributed by atoms with Crippen LogP contribution in [-0.4, -0.2) is 97.5 Å². The molecule has 17 nitrogen and oxygen atoms in total. The molecule has 5 heterocycles. The fourth-order valence-electron chi connectivity index (χ4n) is 5.39. The Hall–Kier alpha value is -5.58. The summed E-state index contributed by atoms with van der Waals surface area (Å²) in [5, 5.41) is 56.1. The fraction of sp³-hybridized carbons (Fsp3) is 0.0526. The van der Waals surface area contributed by atoms with E-state index in [-0.39, 0.29) is 20.0 Å². The van der Waals surface area contributed by atoms with Crippen molar-refractivity contribution >= 4 is 124 Å². The average molecular weight is 1030 g/mol. The van der Waals surface area contributed by atoms with Gasteiger partial charge in [-0.05, 0) is 100 Å². The molecular formula is C38H38B4Br3N9O8. The van der Waals surface area contributed by atoms with Crippen LogP contribution < -0.4 is 47.0 Å². The van der Waals surface area contributed by atoms with Crippen LogP contribution in [0.3, 0.4) is 0 Å². The third-order valence-electron chi connectivity index (χ3n) is 8.31. The number of aldehydes is 1. The highest BCUT2D eigenvalue weighted by atomic mass is 79.9. The molecule has 8 N–H and O–H groups in total. The number of carbonyl (C=O) groups excluding carboxylic acids is 1. The Morgan fingerprint density at radius 2 is 1.18 bits per heavy atom. The number of aromatic nitrogens is 3. The number of hydrogen-bond donors (Lipinski definition) is 7. The van der Waals surface area contributed by atoms with Crippen LogP contribution >= 0.6 is 47.3 Å². The summed E-state index contributed by atoms with van der Waals surface area (Å²) >= 11 is 9.31. The summed E-state index contributed by atoms with van der Waals surface area (Å²) < 4.78 is 10.3. The van der Waals surface area contributed by atoms with Gasteiger partial charge in [-0.15, -0.1) is 47.3 Å². The molecular weight excluding hydrogens is 993 g/mol. The van der Waals surface area contributed by atoms with Crippen LogP contribution in [-0.2, 0) is 0 Å². The number of benzene rings is 3. The third kappa shape index (κ3) is 14.5. The zero-order valence-corrected chi connectivity index (χ0v) is 37.7. The highest BCUT2D eigenvalue weighted by molar-refractivity contribution is 9.69. The molecule has 8 rings (SSSR count). The van der Waals surface area contributed by atoms with Gasteiger partial charge < -0.3 is 40.1 Å². The number of phenols is 1. The van der Waals surface area contributed by atoms with E-state index in [0.29, 0.717) is 40.5 Å². The number of ether oxygens (including phenoxy) is 2. The van der Waals surface area contributed by atoms with Crippen LogP contribution in [0.15, 0.2) is 138 Å². The maximum Gasteiger partial charge on any atom is 0.489 e. The number of hydrazone groups is 2. The third-order valence-corrected chi connectivity index (χ3v) is 8.31. The van der Waals surface area contributed by atoms with Crippen LogP contribution in [0.5, 0.6) is 17.2 Å². The van der Waals surface area contributed by atoms with Gasteiger partial charge >= 0.3 is 24.4 Å². The number of nitrogens with zero attached hydrogens (tertiary/aromatic N) is 7. The summed E-state index contributed by atoms with van der Waals surface area (Å²) in [6, 6.07) is 31.1. The molecule has 6 aromatic rings. The Kier molecular flexibility index (Phi) is 20.1. The van der Waals surface area contributed by atoms with E-state index in [1.54, 1.807) is 80.6 Å². The SMILES string of the molecule is BrB(Br)Br.COc1ccc(B(O)O)c(C=O)c1.COc1ccc2c(c1)C=NN(c1ccccn1)B2O.NNc1ccccn1.OB1c2ccc(O)cc2C=NN1c1ccccn1. The topological polar surface area (TPSA) is 245 Å². The first-order chi connectivity index (χ1) is 29.9. The number of hydrogen-bond acceptors (Lipinski definition) is 17. The Labute approximate surface area is 383 Å². The van der Waals surface area contributed by atoms with Crippen molar-refractivity contribution in [2.75, 3.05) is 29.5 Å². The molecule has 24 heteroatoms. The summed E-state index contributed by atoms with van der Waals surface area (Å²) in [5.41, 5.74) is 5.83. The maximum absolute atomic E-state index is 10.5. The normalized spacial score (nSPS) is 11.6. The standard InChI is InChI=1S/C13H12BN3O2.C12H10BN3O2.C8H9BO4.C5H7N3.BBr3/c1-19-11-5-6-12-10(8-11)9-16-17(14(12)18)13-4-2-3-7-15-13;17-10-4-5-11-9(7-10)8-15-16(13(11)18)12-3-1-2-6-14-12;1-13-7-2-3-8(9(11)12)6(4-7)5-10;6-8-5-3-1-2-4-7-5;2-1(3)4/h2-9,18H,1H3;1-8,17-18H;2-5,11-12H,1H3;1-4H,6H2,(H,7,8);. The van der Waals surface area contributed by atoms with Crippen molar-refractivity contribution in [3.8, 4) is 17.2 Å². The molecule has 0 bridgehead atoms. The smallest absolute Gasteiger partial charge is 0.489 e. The van der Waals surface area contributed by atoms with Crippen molar-refractivity contribution in [2.45, 2.75) is 0 Å². The molecule has 2 aliphatic rings. The van der Waals surface area contributed by atoms with Gasteiger partial charge in [0.15, 0.2) is 0 Å². The lowest BCUT2D eigenvalue weighted by atomic mass is 9.69.